The maximum absolute atomic E-state index is 12.8. The lowest BCUT2D eigenvalue weighted by atomic mass is 10.2. The fourth-order valence-electron chi connectivity index (χ4n) is 3.62. The molecule has 4 heterocycles. The van der Waals surface area contributed by atoms with Crippen molar-refractivity contribution in [2.24, 2.45) is 0 Å². The van der Waals surface area contributed by atoms with Crippen LogP contribution in [0, 0.1) is 0 Å². The van der Waals surface area contributed by atoms with Gasteiger partial charge in [-0.05, 0) is 23.6 Å². The Labute approximate surface area is 187 Å². The van der Waals surface area contributed by atoms with E-state index in [1.165, 1.54) is 18.1 Å². The van der Waals surface area contributed by atoms with Gasteiger partial charge < -0.3 is 19.3 Å². The molecule has 160 valence electrons. The summed E-state index contributed by atoms with van der Waals surface area (Å²) < 4.78 is 11.5. The minimum atomic E-state index is -0.654. The van der Waals surface area contributed by atoms with Crippen LogP contribution in [0.2, 0.25) is 0 Å². The molecule has 2 aliphatic heterocycles. The SMILES string of the molecule is O=C(CSc1ncnc2sccc12)N1CCN(C(=O)[C@H]2COc3ccccc3O2)CC1. The summed E-state index contributed by atoms with van der Waals surface area (Å²) in [6, 6.07) is 9.31. The number of hydrogen-bond acceptors (Lipinski definition) is 8. The van der Waals surface area contributed by atoms with Gasteiger partial charge in [0.05, 0.1) is 5.75 Å². The van der Waals surface area contributed by atoms with Crippen LogP contribution < -0.4 is 9.47 Å². The number of amides is 2. The Bertz CT molecular complexity index is 1110. The second-order valence-electron chi connectivity index (χ2n) is 7.18. The molecule has 0 radical (unpaired) electrons. The summed E-state index contributed by atoms with van der Waals surface area (Å²) in [4.78, 5) is 38.5. The van der Waals surface area contributed by atoms with E-state index in [1.54, 1.807) is 27.2 Å². The number of fused-ring (bicyclic) bond motifs is 2. The zero-order chi connectivity index (χ0) is 21.2. The fourth-order valence-corrected chi connectivity index (χ4v) is 5.31. The predicted octanol–water partition coefficient (Wildman–Crippen LogP) is 2.29. The van der Waals surface area contributed by atoms with E-state index in [2.05, 4.69) is 9.97 Å². The van der Waals surface area contributed by atoms with E-state index in [-0.39, 0.29) is 18.4 Å². The smallest absolute Gasteiger partial charge is 0.267 e. The van der Waals surface area contributed by atoms with Gasteiger partial charge >= 0.3 is 0 Å². The van der Waals surface area contributed by atoms with Crippen molar-refractivity contribution in [3.63, 3.8) is 0 Å². The number of para-hydroxylation sites is 2. The second-order valence-corrected chi connectivity index (χ2v) is 9.04. The molecule has 0 spiro atoms. The van der Waals surface area contributed by atoms with E-state index < -0.39 is 6.10 Å². The van der Waals surface area contributed by atoms with Crippen LogP contribution in [-0.2, 0) is 9.59 Å². The number of rotatable bonds is 4. The van der Waals surface area contributed by atoms with Crippen molar-refractivity contribution in [2.45, 2.75) is 11.1 Å². The number of carbonyl (C=O) groups excluding carboxylic acids is 2. The Morgan fingerprint density at radius 2 is 1.84 bits per heavy atom. The van der Waals surface area contributed by atoms with Crippen LogP contribution in [0.3, 0.4) is 0 Å². The van der Waals surface area contributed by atoms with Crippen molar-refractivity contribution >= 4 is 45.1 Å². The van der Waals surface area contributed by atoms with Gasteiger partial charge in [-0.15, -0.1) is 11.3 Å². The number of ether oxygens (including phenoxy) is 2. The van der Waals surface area contributed by atoms with Crippen LogP contribution in [0.4, 0.5) is 0 Å². The molecule has 31 heavy (non-hydrogen) atoms. The molecular formula is C21H20N4O4S2. The van der Waals surface area contributed by atoms with Gasteiger partial charge in [-0.3, -0.25) is 9.59 Å². The lowest BCUT2D eigenvalue weighted by molar-refractivity contribution is -0.145. The van der Waals surface area contributed by atoms with E-state index in [1.807, 2.05) is 29.6 Å². The average Bonchev–Trinajstić information content (AvgIpc) is 3.31. The van der Waals surface area contributed by atoms with Crippen LogP contribution in [0.15, 0.2) is 47.1 Å². The van der Waals surface area contributed by atoms with E-state index in [0.717, 1.165) is 15.2 Å². The van der Waals surface area contributed by atoms with E-state index in [9.17, 15) is 9.59 Å². The number of carbonyl (C=O) groups is 2. The molecule has 0 bridgehead atoms. The molecule has 0 N–H and O–H groups in total. The third-order valence-electron chi connectivity index (χ3n) is 5.29. The van der Waals surface area contributed by atoms with Gasteiger partial charge in [-0.25, -0.2) is 9.97 Å². The van der Waals surface area contributed by atoms with Crippen molar-refractivity contribution in [1.29, 1.82) is 0 Å². The highest BCUT2D eigenvalue weighted by Crippen LogP contribution is 2.31. The summed E-state index contributed by atoms with van der Waals surface area (Å²) in [6.45, 7) is 2.18. The lowest BCUT2D eigenvalue weighted by Crippen LogP contribution is -2.55. The van der Waals surface area contributed by atoms with E-state index >= 15 is 0 Å². The van der Waals surface area contributed by atoms with E-state index in [4.69, 9.17) is 9.47 Å². The molecule has 1 saturated heterocycles. The Kier molecular flexibility index (Phi) is 5.65. The number of thioether (sulfide) groups is 1. The largest absolute Gasteiger partial charge is 0.485 e. The second kappa shape index (κ2) is 8.72. The molecule has 8 nitrogen and oxygen atoms in total. The Hall–Kier alpha value is -2.85. The fraction of sp³-hybridized carbons (Fsp3) is 0.333. The molecule has 10 heteroatoms. The highest BCUT2D eigenvalue weighted by Gasteiger charge is 2.33. The molecule has 2 aromatic heterocycles. The predicted molar refractivity (Wildman–Crippen MR) is 118 cm³/mol. The maximum Gasteiger partial charge on any atom is 0.267 e. The molecule has 0 unspecified atom stereocenters. The standard InChI is InChI=1S/C21H20N4O4S2/c26-18(12-31-20-14-5-10-30-19(14)22-13-23-20)24-6-8-25(9-7-24)21(27)17-11-28-15-3-1-2-4-16(15)29-17/h1-5,10,13,17H,6-9,11-12H2/t17-/m1/s1. The van der Waals surface area contributed by atoms with Gasteiger partial charge in [0.2, 0.25) is 12.0 Å². The van der Waals surface area contributed by atoms with Crippen molar-refractivity contribution in [2.75, 3.05) is 38.5 Å². The lowest BCUT2D eigenvalue weighted by Gasteiger charge is -2.37. The van der Waals surface area contributed by atoms with Gasteiger partial charge in [-0.1, -0.05) is 23.9 Å². The third kappa shape index (κ3) is 4.17. The molecule has 2 amide bonds. The van der Waals surface area contributed by atoms with Crippen LogP contribution in [0.1, 0.15) is 0 Å². The molecule has 0 saturated carbocycles. The number of aromatic nitrogens is 2. The zero-order valence-corrected chi connectivity index (χ0v) is 18.2. The minimum Gasteiger partial charge on any atom is -0.485 e. The molecule has 2 aliphatic rings. The van der Waals surface area contributed by atoms with Crippen LogP contribution >= 0.6 is 23.1 Å². The zero-order valence-electron chi connectivity index (χ0n) is 16.6. The quantitative estimate of drug-likeness (QED) is 0.440. The average molecular weight is 457 g/mol. The molecular weight excluding hydrogens is 436 g/mol. The summed E-state index contributed by atoms with van der Waals surface area (Å²) in [5.74, 6) is 1.50. The Balaban J connectivity index is 1.13. The first-order valence-electron chi connectivity index (χ1n) is 9.95. The molecule has 5 rings (SSSR count). The van der Waals surface area contributed by atoms with Gasteiger partial charge in [-0.2, -0.15) is 0 Å². The normalized spacial score (nSPS) is 18.3. The number of benzene rings is 1. The number of hydrogen-bond donors (Lipinski definition) is 0. The first-order chi connectivity index (χ1) is 15.2. The van der Waals surface area contributed by atoms with Crippen molar-refractivity contribution in [3.05, 3.63) is 42.0 Å². The van der Waals surface area contributed by atoms with Crippen molar-refractivity contribution < 1.29 is 19.1 Å². The van der Waals surface area contributed by atoms with Crippen LogP contribution in [-0.4, -0.2) is 76.2 Å². The summed E-state index contributed by atoms with van der Waals surface area (Å²) >= 11 is 2.99. The van der Waals surface area contributed by atoms with Gasteiger partial charge in [0.25, 0.3) is 5.91 Å². The first kappa shape index (κ1) is 20.1. The summed E-state index contributed by atoms with van der Waals surface area (Å²) in [5.41, 5.74) is 0. The van der Waals surface area contributed by atoms with Gasteiger partial charge in [0, 0.05) is 31.6 Å². The van der Waals surface area contributed by atoms with Crippen LogP contribution in [0.5, 0.6) is 11.5 Å². The number of thiophene rings is 1. The number of piperazine rings is 1. The molecule has 3 aromatic rings. The Morgan fingerprint density at radius 3 is 2.68 bits per heavy atom. The highest BCUT2D eigenvalue weighted by molar-refractivity contribution is 8.00. The van der Waals surface area contributed by atoms with Crippen molar-refractivity contribution in [3.8, 4) is 11.5 Å². The van der Waals surface area contributed by atoms with Gasteiger partial charge in [0.15, 0.2) is 11.5 Å². The molecule has 1 fully saturated rings. The van der Waals surface area contributed by atoms with Crippen molar-refractivity contribution in [1.82, 2.24) is 19.8 Å². The summed E-state index contributed by atoms with van der Waals surface area (Å²) in [6.07, 6.45) is 0.879. The van der Waals surface area contributed by atoms with Crippen LogP contribution in [0.25, 0.3) is 10.2 Å². The minimum absolute atomic E-state index is 0.0465. The molecule has 0 aliphatic carbocycles. The third-order valence-corrected chi connectivity index (χ3v) is 7.10. The topological polar surface area (TPSA) is 84.9 Å². The monoisotopic (exact) mass is 456 g/mol. The number of nitrogens with zero attached hydrogens (tertiary/aromatic N) is 4. The molecule has 1 aromatic carbocycles. The summed E-state index contributed by atoms with van der Waals surface area (Å²) in [7, 11) is 0. The Morgan fingerprint density at radius 1 is 1.06 bits per heavy atom. The maximum atomic E-state index is 12.8. The summed E-state index contributed by atoms with van der Waals surface area (Å²) in [5, 5.41) is 3.78. The van der Waals surface area contributed by atoms with E-state index in [0.29, 0.717) is 43.4 Å². The van der Waals surface area contributed by atoms with Gasteiger partial charge in [0.1, 0.15) is 22.8 Å². The first-order valence-corrected chi connectivity index (χ1v) is 11.8. The molecule has 1 atom stereocenters. The highest BCUT2D eigenvalue weighted by atomic mass is 32.2.